The van der Waals surface area contributed by atoms with Crippen LogP contribution in [0.1, 0.15) is 11.3 Å². The Kier molecular flexibility index (Phi) is 3.13. The third kappa shape index (κ3) is 2.19. The van der Waals surface area contributed by atoms with E-state index in [-0.39, 0.29) is 5.63 Å². The Bertz CT molecular complexity index is 1130. The molecule has 0 saturated heterocycles. The molecule has 2 aromatic carbocycles. The lowest BCUT2D eigenvalue weighted by molar-refractivity contribution is 0.569. The normalized spacial score (nSPS) is 11.4. The van der Waals surface area contributed by atoms with Gasteiger partial charge in [-0.05, 0) is 49.7 Å². The fourth-order valence-electron chi connectivity index (χ4n) is 2.89. The molecule has 0 aliphatic rings. The summed E-state index contributed by atoms with van der Waals surface area (Å²) in [6, 6.07) is 13.7. The van der Waals surface area contributed by atoms with Crippen LogP contribution in [0.15, 0.2) is 56.1 Å². The first-order valence-electron chi connectivity index (χ1n) is 7.23. The maximum Gasteiger partial charge on any atom is 0.347 e. The number of nitrogens with zero attached hydrogens (tertiary/aromatic N) is 2. The van der Waals surface area contributed by atoms with Crippen molar-refractivity contribution in [3.8, 4) is 5.69 Å². The number of aryl methyl sites for hydroxylation is 2. The summed E-state index contributed by atoms with van der Waals surface area (Å²) in [4.78, 5) is 12.4. The molecule has 4 aromatic rings. The Labute approximate surface area is 140 Å². The van der Waals surface area contributed by atoms with E-state index in [0.717, 1.165) is 26.6 Å². The first kappa shape index (κ1) is 14.2. The number of aromatic nitrogens is 2. The second-order valence-electron chi connectivity index (χ2n) is 5.59. The van der Waals surface area contributed by atoms with Gasteiger partial charge < -0.3 is 4.42 Å². The first-order chi connectivity index (χ1) is 11.0. The van der Waals surface area contributed by atoms with Gasteiger partial charge in [0.2, 0.25) is 0 Å². The topological polar surface area (TPSA) is 48.0 Å². The van der Waals surface area contributed by atoms with Gasteiger partial charge in [0.1, 0.15) is 11.0 Å². The van der Waals surface area contributed by atoms with Gasteiger partial charge in [0.25, 0.3) is 0 Å². The van der Waals surface area contributed by atoms with Crippen molar-refractivity contribution in [2.45, 2.75) is 13.8 Å². The molecule has 5 heteroatoms. The molecule has 114 valence electrons. The van der Waals surface area contributed by atoms with E-state index in [2.05, 4.69) is 21.0 Å². The van der Waals surface area contributed by atoms with E-state index in [1.165, 1.54) is 0 Å². The van der Waals surface area contributed by atoms with E-state index in [0.29, 0.717) is 16.7 Å². The summed E-state index contributed by atoms with van der Waals surface area (Å²) in [5.74, 6) is 0. The molecule has 4 nitrogen and oxygen atoms in total. The lowest BCUT2D eigenvalue weighted by Crippen LogP contribution is -2.02. The average Bonchev–Trinajstić information content (AvgIpc) is 2.87. The van der Waals surface area contributed by atoms with Gasteiger partial charge in [-0.3, -0.25) is 0 Å². The van der Waals surface area contributed by atoms with Crippen molar-refractivity contribution in [3.63, 3.8) is 0 Å². The zero-order chi connectivity index (χ0) is 16.1. The molecule has 0 atom stereocenters. The van der Waals surface area contributed by atoms with Gasteiger partial charge in [0, 0.05) is 9.86 Å². The van der Waals surface area contributed by atoms with Crippen LogP contribution in [0.2, 0.25) is 0 Å². The van der Waals surface area contributed by atoms with Crippen LogP contribution in [-0.4, -0.2) is 9.78 Å². The second-order valence-corrected chi connectivity index (χ2v) is 6.51. The number of rotatable bonds is 1. The minimum absolute atomic E-state index is 0.355. The highest BCUT2D eigenvalue weighted by Gasteiger charge is 2.17. The predicted molar refractivity (Wildman–Crippen MR) is 94.3 cm³/mol. The molecule has 0 radical (unpaired) electrons. The molecule has 0 saturated carbocycles. The molecule has 2 aromatic heterocycles. The quantitative estimate of drug-likeness (QED) is 0.464. The lowest BCUT2D eigenvalue weighted by atomic mass is 10.1. The summed E-state index contributed by atoms with van der Waals surface area (Å²) in [6.45, 7) is 3.86. The Balaban J connectivity index is 2.23. The lowest BCUT2D eigenvalue weighted by Gasteiger charge is -2.06. The smallest absolute Gasteiger partial charge is 0.347 e. The molecule has 23 heavy (non-hydrogen) atoms. The number of hydrogen-bond donors (Lipinski definition) is 0. The van der Waals surface area contributed by atoms with Crippen LogP contribution in [-0.2, 0) is 0 Å². The SMILES string of the molecule is Cc1cccc(-n2nc(C)c3c(=O)oc4ccc(Br)cc4c32)c1. The van der Waals surface area contributed by atoms with E-state index in [9.17, 15) is 4.79 Å². The minimum Gasteiger partial charge on any atom is -0.422 e. The van der Waals surface area contributed by atoms with Crippen molar-refractivity contribution in [1.29, 1.82) is 0 Å². The zero-order valence-electron chi connectivity index (χ0n) is 12.6. The summed E-state index contributed by atoms with van der Waals surface area (Å²) in [7, 11) is 0. The fraction of sp³-hybridized carbons (Fsp3) is 0.111. The maximum atomic E-state index is 12.4. The number of hydrogen-bond acceptors (Lipinski definition) is 3. The highest BCUT2D eigenvalue weighted by atomic mass is 79.9. The predicted octanol–water partition coefficient (Wildman–Crippen LogP) is 4.51. The number of benzene rings is 2. The highest BCUT2D eigenvalue weighted by molar-refractivity contribution is 9.10. The Morgan fingerprint density at radius 3 is 2.74 bits per heavy atom. The average molecular weight is 369 g/mol. The number of halogens is 1. The molecule has 0 fully saturated rings. The standard InChI is InChI=1S/C18H13BrN2O2/c1-10-4-3-5-13(8-10)21-17-14-9-12(19)6-7-15(14)23-18(22)16(17)11(2)20-21/h3-9H,1-2H3. The Morgan fingerprint density at radius 2 is 1.96 bits per heavy atom. The fourth-order valence-corrected chi connectivity index (χ4v) is 3.26. The summed E-state index contributed by atoms with van der Waals surface area (Å²) in [5, 5.41) is 5.97. The third-order valence-electron chi connectivity index (χ3n) is 3.91. The molecule has 0 unspecified atom stereocenters. The monoisotopic (exact) mass is 368 g/mol. The van der Waals surface area contributed by atoms with Crippen LogP contribution >= 0.6 is 15.9 Å². The molecule has 4 rings (SSSR count). The van der Waals surface area contributed by atoms with Gasteiger partial charge in [-0.1, -0.05) is 28.1 Å². The molecule has 0 aliphatic heterocycles. The molecule has 0 aliphatic carbocycles. The number of fused-ring (bicyclic) bond motifs is 3. The van der Waals surface area contributed by atoms with Crippen LogP contribution < -0.4 is 5.63 Å². The summed E-state index contributed by atoms with van der Waals surface area (Å²) in [5.41, 5.74) is 3.70. The van der Waals surface area contributed by atoms with E-state index >= 15 is 0 Å². The van der Waals surface area contributed by atoms with Crippen molar-refractivity contribution in [3.05, 3.63) is 68.6 Å². The molecular formula is C18H13BrN2O2. The van der Waals surface area contributed by atoms with Crippen LogP contribution in [0.3, 0.4) is 0 Å². The van der Waals surface area contributed by atoms with Gasteiger partial charge in [-0.25, -0.2) is 9.48 Å². The zero-order valence-corrected chi connectivity index (χ0v) is 14.2. The highest BCUT2D eigenvalue weighted by Crippen LogP contribution is 2.29. The van der Waals surface area contributed by atoms with Crippen molar-refractivity contribution in [2.24, 2.45) is 0 Å². The van der Waals surface area contributed by atoms with Gasteiger partial charge in [-0.15, -0.1) is 0 Å². The van der Waals surface area contributed by atoms with E-state index < -0.39 is 0 Å². The van der Waals surface area contributed by atoms with Gasteiger partial charge in [0.05, 0.1) is 16.9 Å². The summed E-state index contributed by atoms with van der Waals surface area (Å²) >= 11 is 3.49. The molecular weight excluding hydrogens is 356 g/mol. The van der Waals surface area contributed by atoms with Gasteiger partial charge in [0.15, 0.2) is 0 Å². The molecule has 2 heterocycles. The van der Waals surface area contributed by atoms with Crippen LogP contribution in [0.25, 0.3) is 27.6 Å². The largest absolute Gasteiger partial charge is 0.422 e. The van der Waals surface area contributed by atoms with E-state index in [1.54, 1.807) is 6.07 Å². The first-order valence-corrected chi connectivity index (χ1v) is 8.02. The third-order valence-corrected chi connectivity index (χ3v) is 4.40. The molecule has 0 spiro atoms. The van der Waals surface area contributed by atoms with E-state index in [4.69, 9.17) is 4.42 Å². The molecule has 0 N–H and O–H groups in total. The summed E-state index contributed by atoms with van der Waals surface area (Å²) in [6.07, 6.45) is 0. The van der Waals surface area contributed by atoms with E-state index in [1.807, 2.05) is 54.9 Å². The van der Waals surface area contributed by atoms with Crippen LogP contribution in [0.4, 0.5) is 0 Å². The van der Waals surface area contributed by atoms with Crippen LogP contribution in [0.5, 0.6) is 0 Å². The summed E-state index contributed by atoms with van der Waals surface area (Å²) < 4.78 is 8.20. The maximum absolute atomic E-state index is 12.4. The van der Waals surface area contributed by atoms with Gasteiger partial charge in [-0.2, -0.15) is 5.10 Å². The Hall–Kier alpha value is -2.40. The van der Waals surface area contributed by atoms with Crippen LogP contribution in [0, 0.1) is 13.8 Å². The van der Waals surface area contributed by atoms with Crippen molar-refractivity contribution >= 4 is 37.8 Å². The minimum atomic E-state index is -0.355. The van der Waals surface area contributed by atoms with Crippen molar-refractivity contribution < 1.29 is 4.42 Å². The molecule has 0 amide bonds. The van der Waals surface area contributed by atoms with Gasteiger partial charge >= 0.3 is 5.63 Å². The molecule has 0 bridgehead atoms. The Morgan fingerprint density at radius 1 is 1.13 bits per heavy atom. The second kappa shape index (κ2) is 5.06. The van der Waals surface area contributed by atoms with Crippen molar-refractivity contribution in [1.82, 2.24) is 9.78 Å². The van der Waals surface area contributed by atoms with Crippen molar-refractivity contribution in [2.75, 3.05) is 0 Å².